The summed E-state index contributed by atoms with van der Waals surface area (Å²) in [5.74, 6) is -1.60. The van der Waals surface area contributed by atoms with Crippen LogP contribution in [0, 0.1) is 0 Å². The number of carbonyl (C=O) groups is 3. The number of carboxylic acids is 1. The molecule has 0 bridgehead atoms. The Morgan fingerprint density at radius 3 is 2.17 bits per heavy atom. The van der Waals surface area contributed by atoms with Crippen molar-refractivity contribution in [1.29, 1.82) is 0 Å². The summed E-state index contributed by atoms with van der Waals surface area (Å²) in [4.78, 5) is 47.1. The van der Waals surface area contributed by atoms with Gasteiger partial charge in [-0.05, 0) is 24.2 Å². The minimum Gasteiger partial charge on any atom is -0.476 e. The molecule has 9 heteroatoms. The molecule has 3 rings (SSSR count). The van der Waals surface area contributed by atoms with E-state index in [9.17, 15) is 14.4 Å². The molecule has 2 N–H and O–H groups in total. The standard InChI is InChI=1S/C20H23N5O4/c1-2-24-7-9-25(10-8-24)18(26)11-14-3-5-15(6-4-14)23-19(27)16-12-22-17(13-21-16)20(28)29/h3-6,12-13H,2,7-11H2,1H3,(H,23,27)(H,28,29). The summed E-state index contributed by atoms with van der Waals surface area (Å²) in [6, 6.07) is 7.03. The van der Waals surface area contributed by atoms with Crippen LogP contribution < -0.4 is 5.32 Å². The fourth-order valence-corrected chi connectivity index (χ4v) is 3.06. The first-order valence-electron chi connectivity index (χ1n) is 9.42. The second-order valence-corrected chi connectivity index (χ2v) is 6.73. The van der Waals surface area contributed by atoms with Crippen LogP contribution in [0.25, 0.3) is 0 Å². The Morgan fingerprint density at radius 2 is 1.62 bits per heavy atom. The molecule has 1 saturated heterocycles. The molecule has 1 aliphatic heterocycles. The van der Waals surface area contributed by atoms with Crippen LogP contribution >= 0.6 is 0 Å². The lowest BCUT2D eigenvalue weighted by atomic mass is 10.1. The number of hydrogen-bond acceptors (Lipinski definition) is 6. The Kier molecular flexibility index (Phi) is 6.50. The molecule has 2 heterocycles. The van der Waals surface area contributed by atoms with Crippen LogP contribution in [-0.4, -0.2) is 75.4 Å². The summed E-state index contributed by atoms with van der Waals surface area (Å²) in [6.07, 6.45) is 2.47. The minimum atomic E-state index is -1.21. The summed E-state index contributed by atoms with van der Waals surface area (Å²) in [5.41, 5.74) is 1.20. The number of aromatic carboxylic acids is 1. The number of benzene rings is 1. The lowest BCUT2D eigenvalue weighted by Crippen LogP contribution is -2.48. The number of nitrogens with one attached hydrogen (secondary N) is 1. The van der Waals surface area contributed by atoms with Gasteiger partial charge >= 0.3 is 5.97 Å². The Balaban J connectivity index is 1.54. The number of carbonyl (C=O) groups excluding carboxylic acids is 2. The highest BCUT2D eigenvalue weighted by atomic mass is 16.4. The Hall–Kier alpha value is -3.33. The van der Waals surface area contributed by atoms with Gasteiger partial charge in [-0.2, -0.15) is 0 Å². The number of rotatable bonds is 6. The minimum absolute atomic E-state index is 0.0143. The first kappa shape index (κ1) is 20.4. The van der Waals surface area contributed by atoms with Gasteiger partial charge in [0.1, 0.15) is 5.69 Å². The van der Waals surface area contributed by atoms with Crippen molar-refractivity contribution >= 4 is 23.5 Å². The van der Waals surface area contributed by atoms with E-state index in [1.807, 2.05) is 4.90 Å². The van der Waals surface area contributed by atoms with Crippen molar-refractivity contribution in [2.75, 3.05) is 38.0 Å². The SMILES string of the molecule is CCN1CCN(C(=O)Cc2ccc(NC(=O)c3cnc(C(=O)O)cn3)cc2)CC1. The van der Waals surface area contributed by atoms with Crippen LogP contribution in [0.4, 0.5) is 5.69 Å². The number of anilines is 1. The van der Waals surface area contributed by atoms with Crippen molar-refractivity contribution in [1.82, 2.24) is 19.8 Å². The third-order valence-corrected chi connectivity index (χ3v) is 4.84. The molecule has 0 radical (unpaired) electrons. The van der Waals surface area contributed by atoms with E-state index < -0.39 is 11.9 Å². The molecule has 2 amide bonds. The average Bonchev–Trinajstić information content (AvgIpc) is 2.75. The monoisotopic (exact) mass is 397 g/mol. The zero-order chi connectivity index (χ0) is 20.8. The van der Waals surface area contributed by atoms with E-state index >= 15 is 0 Å². The molecule has 1 fully saturated rings. The number of likely N-dealkylation sites (N-methyl/N-ethyl adjacent to an activating group) is 1. The van der Waals surface area contributed by atoms with Crippen molar-refractivity contribution in [3.63, 3.8) is 0 Å². The highest BCUT2D eigenvalue weighted by molar-refractivity contribution is 6.02. The summed E-state index contributed by atoms with van der Waals surface area (Å²) >= 11 is 0. The van der Waals surface area contributed by atoms with E-state index in [1.165, 1.54) is 0 Å². The Morgan fingerprint density at radius 1 is 1.00 bits per heavy atom. The average molecular weight is 397 g/mol. The molecule has 0 aliphatic carbocycles. The van der Waals surface area contributed by atoms with Gasteiger partial charge in [0, 0.05) is 31.9 Å². The molecule has 0 atom stereocenters. The van der Waals surface area contributed by atoms with E-state index in [0.29, 0.717) is 12.1 Å². The number of amides is 2. The number of hydrogen-bond donors (Lipinski definition) is 2. The van der Waals surface area contributed by atoms with Gasteiger partial charge in [0.2, 0.25) is 5.91 Å². The maximum absolute atomic E-state index is 12.5. The van der Waals surface area contributed by atoms with Gasteiger partial charge in [0.25, 0.3) is 5.91 Å². The summed E-state index contributed by atoms with van der Waals surface area (Å²) in [7, 11) is 0. The Bertz CT molecular complexity index is 875. The predicted molar refractivity (Wildman–Crippen MR) is 106 cm³/mol. The van der Waals surface area contributed by atoms with Crippen LogP contribution in [0.3, 0.4) is 0 Å². The fourth-order valence-electron chi connectivity index (χ4n) is 3.06. The maximum atomic E-state index is 12.5. The van der Waals surface area contributed by atoms with Crippen molar-refractivity contribution in [2.24, 2.45) is 0 Å². The van der Waals surface area contributed by atoms with Gasteiger partial charge < -0.3 is 20.2 Å². The molecule has 29 heavy (non-hydrogen) atoms. The largest absolute Gasteiger partial charge is 0.476 e. The third-order valence-electron chi connectivity index (χ3n) is 4.84. The number of piperazine rings is 1. The molecular weight excluding hydrogens is 374 g/mol. The van der Waals surface area contributed by atoms with Crippen LogP contribution in [0.5, 0.6) is 0 Å². The van der Waals surface area contributed by atoms with Crippen LogP contribution in [-0.2, 0) is 11.2 Å². The van der Waals surface area contributed by atoms with Gasteiger partial charge in [0.15, 0.2) is 5.69 Å². The van der Waals surface area contributed by atoms with Gasteiger partial charge in [-0.15, -0.1) is 0 Å². The van der Waals surface area contributed by atoms with E-state index in [2.05, 4.69) is 27.1 Å². The lowest BCUT2D eigenvalue weighted by molar-refractivity contribution is -0.132. The molecule has 1 aliphatic rings. The molecule has 1 aromatic carbocycles. The molecular formula is C20H23N5O4. The lowest BCUT2D eigenvalue weighted by Gasteiger charge is -2.34. The molecule has 0 saturated carbocycles. The van der Waals surface area contributed by atoms with Gasteiger partial charge in [-0.25, -0.2) is 14.8 Å². The van der Waals surface area contributed by atoms with Crippen LogP contribution in [0.1, 0.15) is 33.5 Å². The van der Waals surface area contributed by atoms with Gasteiger partial charge in [-0.3, -0.25) is 9.59 Å². The van der Waals surface area contributed by atoms with Crippen molar-refractivity contribution in [3.8, 4) is 0 Å². The molecule has 0 unspecified atom stereocenters. The third kappa shape index (κ3) is 5.35. The van der Waals surface area contributed by atoms with Crippen LogP contribution in [0.15, 0.2) is 36.7 Å². The first-order chi connectivity index (χ1) is 14.0. The number of nitrogens with zero attached hydrogens (tertiary/aromatic N) is 4. The van der Waals surface area contributed by atoms with E-state index in [1.54, 1.807) is 24.3 Å². The molecule has 0 spiro atoms. The summed E-state index contributed by atoms with van der Waals surface area (Å²) < 4.78 is 0. The summed E-state index contributed by atoms with van der Waals surface area (Å²) in [5, 5.41) is 11.5. The summed E-state index contributed by atoms with van der Waals surface area (Å²) in [6.45, 7) is 6.44. The molecule has 1 aromatic heterocycles. The van der Waals surface area contributed by atoms with E-state index in [0.717, 1.165) is 50.7 Å². The zero-order valence-electron chi connectivity index (χ0n) is 16.2. The maximum Gasteiger partial charge on any atom is 0.356 e. The normalized spacial score (nSPS) is 14.4. The second-order valence-electron chi connectivity index (χ2n) is 6.73. The van der Waals surface area contributed by atoms with E-state index in [4.69, 9.17) is 5.11 Å². The molecule has 2 aromatic rings. The predicted octanol–water partition coefficient (Wildman–Crippen LogP) is 1.13. The molecule has 9 nitrogen and oxygen atoms in total. The van der Waals surface area contributed by atoms with Crippen molar-refractivity contribution in [3.05, 3.63) is 53.6 Å². The topological polar surface area (TPSA) is 116 Å². The van der Waals surface area contributed by atoms with Crippen molar-refractivity contribution in [2.45, 2.75) is 13.3 Å². The molecule has 152 valence electrons. The highest BCUT2D eigenvalue weighted by Gasteiger charge is 2.20. The number of aromatic nitrogens is 2. The quantitative estimate of drug-likeness (QED) is 0.751. The highest BCUT2D eigenvalue weighted by Crippen LogP contribution is 2.13. The smallest absolute Gasteiger partial charge is 0.356 e. The zero-order valence-corrected chi connectivity index (χ0v) is 16.2. The fraction of sp³-hybridized carbons (Fsp3) is 0.350. The van der Waals surface area contributed by atoms with Gasteiger partial charge in [0.05, 0.1) is 18.8 Å². The Labute approximate surface area is 168 Å². The van der Waals surface area contributed by atoms with Gasteiger partial charge in [-0.1, -0.05) is 19.1 Å². The first-order valence-corrected chi connectivity index (χ1v) is 9.42. The van der Waals surface area contributed by atoms with Crippen molar-refractivity contribution < 1.29 is 19.5 Å². The van der Waals surface area contributed by atoms with Crippen LogP contribution in [0.2, 0.25) is 0 Å². The number of carboxylic acid groups (broad SMARTS) is 1. The second kappa shape index (κ2) is 9.24. The van der Waals surface area contributed by atoms with E-state index in [-0.39, 0.29) is 17.3 Å².